The minimum absolute atomic E-state index is 0.149. The van der Waals surface area contributed by atoms with Crippen molar-refractivity contribution in [2.45, 2.75) is 18.9 Å². The molecule has 1 aliphatic heterocycles. The van der Waals surface area contributed by atoms with Gasteiger partial charge in [-0.15, -0.1) is 0 Å². The maximum absolute atomic E-state index is 6.17. The number of nitrogens with zero attached hydrogens (tertiary/aromatic N) is 1. The lowest BCUT2D eigenvalue weighted by atomic mass is 10.1. The molecule has 1 aromatic rings. The number of likely N-dealkylation sites (tertiary alicyclic amines) is 1. The molecule has 15 heavy (non-hydrogen) atoms. The molecule has 2 N–H and O–H groups in total. The molecule has 2 nitrogen and oxygen atoms in total. The molecule has 1 aliphatic rings. The van der Waals surface area contributed by atoms with Crippen molar-refractivity contribution in [2.24, 2.45) is 5.73 Å². The Morgan fingerprint density at radius 2 is 1.80 bits per heavy atom. The summed E-state index contributed by atoms with van der Waals surface area (Å²) in [4.78, 5) is 2.45. The zero-order valence-corrected chi connectivity index (χ0v) is 10.4. The normalized spacial score (nSPS) is 19.3. The number of hydrogen-bond acceptors (Lipinski definition) is 2. The van der Waals surface area contributed by atoms with E-state index in [1.165, 1.54) is 31.5 Å². The fourth-order valence-corrected chi connectivity index (χ4v) is 2.32. The first-order valence-electron chi connectivity index (χ1n) is 5.49. The summed E-state index contributed by atoms with van der Waals surface area (Å²) in [7, 11) is 0. The second-order valence-electron chi connectivity index (χ2n) is 4.17. The molecule has 82 valence electrons. The van der Waals surface area contributed by atoms with Crippen LogP contribution in [0.15, 0.2) is 28.7 Å². The molecule has 2 rings (SSSR count). The Bertz CT molecular complexity index is 304. The summed E-state index contributed by atoms with van der Waals surface area (Å²) < 4.78 is 1.11. The molecule has 1 saturated heterocycles. The van der Waals surface area contributed by atoms with Crippen molar-refractivity contribution in [1.29, 1.82) is 0 Å². The van der Waals surface area contributed by atoms with Gasteiger partial charge in [0.05, 0.1) is 0 Å². The van der Waals surface area contributed by atoms with E-state index in [2.05, 4.69) is 45.1 Å². The lowest BCUT2D eigenvalue weighted by Gasteiger charge is -2.20. The summed E-state index contributed by atoms with van der Waals surface area (Å²) in [5.74, 6) is 0. The topological polar surface area (TPSA) is 29.3 Å². The largest absolute Gasteiger partial charge is 0.323 e. The maximum atomic E-state index is 6.17. The third-order valence-electron chi connectivity index (χ3n) is 2.95. The Morgan fingerprint density at radius 3 is 2.40 bits per heavy atom. The van der Waals surface area contributed by atoms with Crippen LogP contribution in [0.5, 0.6) is 0 Å². The zero-order valence-electron chi connectivity index (χ0n) is 8.82. The van der Waals surface area contributed by atoms with Crippen molar-refractivity contribution in [3.05, 3.63) is 34.3 Å². The summed E-state index contributed by atoms with van der Waals surface area (Å²) >= 11 is 3.43. The molecule has 1 aromatic carbocycles. The third kappa shape index (κ3) is 3.03. The van der Waals surface area contributed by atoms with Crippen LogP contribution in [-0.4, -0.2) is 24.5 Å². The molecule has 0 spiro atoms. The summed E-state index contributed by atoms with van der Waals surface area (Å²) in [5.41, 5.74) is 7.39. The van der Waals surface area contributed by atoms with Gasteiger partial charge in [-0.05, 0) is 43.6 Å². The van der Waals surface area contributed by atoms with Crippen LogP contribution in [0.25, 0.3) is 0 Å². The molecule has 0 radical (unpaired) electrons. The average molecular weight is 269 g/mol. The Kier molecular flexibility index (Phi) is 3.78. The highest BCUT2D eigenvalue weighted by atomic mass is 79.9. The Labute approximate surface area is 99.6 Å². The first-order chi connectivity index (χ1) is 7.25. The van der Waals surface area contributed by atoms with Crippen LogP contribution in [-0.2, 0) is 0 Å². The lowest BCUT2D eigenvalue weighted by Crippen LogP contribution is -2.29. The van der Waals surface area contributed by atoms with E-state index in [1.54, 1.807) is 0 Å². The van der Waals surface area contributed by atoms with Crippen molar-refractivity contribution in [3.8, 4) is 0 Å². The highest BCUT2D eigenvalue weighted by Crippen LogP contribution is 2.18. The van der Waals surface area contributed by atoms with E-state index in [1.807, 2.05) is 0 Å². The molecule has 1 atom stereocenters. The van der Waals surface area contributed by atoms with E-state index in [4.69, 9.17) is 5.73 Å². The van der Waals surface area contributed by atoms with Gasteiger partial charge in [0.1, 0.15) is 0 Å². The van der Waals surface area contributed by atoms with Gasteiger partial charge in [0.25, 0.3) is 0 Å². The van der Waals surface area contributed by atoms with Crippen LogP contribution in [0, 0.1) is 0 Å². The predicted octanol–water partition coefficient (Wildman–Crippen LogP) is 2.54. The standard InChI is InChI=1S/C12H17BrN2/c13-11-5-3-10(4-6-11)12(14)9-15-7-1-2-8-15/h3-6,12H,1-2,7-9,14H2. The second kappa shape index (κ2) is 5.10. The number of halogens is 1. The van der Waals surface area contributed by atoms with Crippen molar-refractivity contribution < 1.29 is 0 Å². The first kappa shape index (κ1) is 11.1. The molecule has 1 fully saturated rings. The molecule has 0 amide bonds. The minimum atomic E-state index is 0.149. The van der Waals surface area contributed by atoms with E-state index < -0.39 is 0 Å². The van der Waals surface area contributed by atoms with Crippen LogP contribution in [0.3, 0.4) is 0 Å². The van der Waals surface area contributed by atoms with E-state index in [0.717, 1.165) is 11.0 Å². The molecule has 1 heterocycles. The first-order valence-corrected chi connectivity index (χ1v) is 6.28. The van der Waals surface area contributed by atoms with Crippen LogP contribution in [0.1, 0.15) is 24.4 Å². The van der Waals surface area contributed by atoms with Crippen molar-refractivity contribution in [2.75, 3.05) is 19.6 Å². The molecule has 1 unspecified atom stereocenters. The fraction of sp³-hybridized carbons (Fsp3) is 0.500. The third-order valence-corrected chi connectivity index (χ3v) is 3.48. The van der Waals surface area contributed by atoms with Crippen LogP contribution in [0.4, 0.5) is 0 Å². The number of nitrogens with two attached hydrogens (primary N) is 1. The fourth-order valence-electron chi connectivity index (χ4n) is 2.06. The predicted molar refractivity (Wildman–Crippen MR) is 66.7 cm³/mol. The second-order valence-corrected chi connectivity index (χ2v) is 5.08. The molecular weight excluding hydrogens is 252 g/mol. The van der Waals surface area contributed by atoms with E-state index >= 15 is 0 Å². The maximum Gasteiger partial charge on any atom is 0.0424 e. The van der Waals surface area contributed by atoms with Crippen molar-refractivity contribution >= 4 is 15.9 Å². The van der Waals surface area contributed by atoms with Crippen LogP contribution < -0.4 is 5.73 Å². The van der Waals surface area contributed by atoms with E-state index in [0.29, 0.717) is 0 Å². The van der Waals surface area contributed by atoms with Gasteiger partial charge in [-0.3, -0.25) is 0 Å². The van der Waals surface area contributed by atoms with Crippen molar-refractivity contribution in [1.82, 2.24) is 4.90 Å². The molecule has 3 heteroatoms. The Balaban J connectivity index is 1.94. The van der Waals surface area contributed by atoms with Gasteiger partial charge in [0, 0.05) is 17.1 Å². The molecule has 0 saturated carbocycles. The monoisotopic (exact) mass is 268 g/mol. The summed E-state index contributed by atoms with van der Waals surface area (Å²) in [6, 6.07) is 8.46. The average Bonchev–Trinajstić information content (AvgIpc) is 2.71. The van der Waals surface area contributed by atoms with Gasteiger partial charge in [-0.1, -0.05) is 28.1 Å². The minimum Gasteiger partial charge on any atom is -0.323 e. The molecule has 0 aromatic heterocycles. The Hall–Kier alpha value is -0.380. The summed E-state index contributed by atoms with van der Waals surface area (Å²) in [6.45, 7) is 3.41. The summed E-state index contributed by atoms with van der Waals surface area (Å²) in [5, 5.41) is 0. The molecular formula is C12H17BrN2. The van der Waals surface area contributed by atoms with Gasteiger partial charge in [-0.2, -0.15) is 0 Å². The van der Waals surface area contributed by atoms with Crippen LogP contribution >= 0.6 is 15.9 Å². The molecule has 0 aliphatic carbocycles. The van der Waals surface area contributed by atoms with Crippen LogP contribution in [0.2, 0.25) is 0 Å². The summed E-state index contributed by atoms with van der Waals surface area (Å²) in [6.07, 6.45) is 2.65. The smallest absolute Gasteiger partial charge is 0.0424 e. The van der Waals surface area contributed by atoms with Gasteiger partial charge in [-0.25, -0.2) is 0 Å². The van der Waals surface area contributed by atoms with Gasteiger partial charge < -0.3 is 10.6 Å². The zero-order chi connectivity index (χ0) is 10.7. The van der Waals surface area contributed by atoms with Gasteiger partial charge in [0.2, 0.25) is 0 Å². The quantitative estimate of drug-likeness (QED) is 0.913. The van der Waals surface area contributed by atoms with E-state index in [-0.39, 0.29) is 6.04 Å². The van der Waals surface area contributed by atoms with Crippen molar-refractivity contribution in [3.63, 3.8) is 0 Å². The lowest BCUT2D eigenvalue weighted by molar-refractivity contribution is 0.316. The highest BCUT2D eigenvalue weighted by Gasteiger charge is 2.15. The number of rotatable bonds is 3. The van der Waals surface area contributed by atoms with Gasteiger partial charge >= 0.3 is 0 Å². The number of benzene rings is 1. The van der Waals surface area contributed by atoms with Gasteiger partial charge in [0.15, 0.2) is 0 Å². The SMILES string of the molecule is NC(CN1CCCC1)c1ccc(Br)cc1. The number of hydrogen-bond donors (Lipinski definition) is 1. The van der Waals surface area contributed by atoms with E-state index in [9.17, 15) is 0 Å². The molecule has 0 bridgehead atoms. The Morgan fingerprint density at radius 1 is 1.20 bits per heavy atom. The highest BCUT2D eigenvalue weighted by molar-refractivity contribution is 9.10.